The Kier molecular flexibility index (Phi) is 4.39. The molecule has 1 aromatic rings. The molecule has 0 spiro atoms. The first kappa shape index (κ1) is 14.3. The molecule has 0 saturated carbocycles. The van der Waals surface area contributed by atoms with Crippen molar-refractivity contribution in [1.82, 2.24) is 0 Å². The highest BCUT2D eigenvalue weighted by Crippen LogP contribution is 2.15. The van der Waals surface area contributed by atoms with E-state index < -0.39 is 0 Å². The molecule has 1 aromatic carbocycles. The summed E-state index contributed by atoms with van der Waals surface area (Å²) in [5.41, 5.74) is 0.592. The molecule has 0 fully saturated rings. The van der Waals surface area contributed by atoms with Gasteiger partial charge in [-0.25, -0.2) is 0 Å². The highest BCUT2D eigenvalue weighted by Gasteiger charge is 2.31. The summed E-state index contributed by atoms with van der Waals surface area (Å²) in [6, 6.07) is 10.1. The van der Waals surface area contributed by atoms with Gasteiger partial charge in [0.2, 0.25) is 0 Å². The van der Waals surface area contributed by atoms with E-state index in [0.717, 1.165) is 5.46 Å². The molecule has 0 heterocycles. The molecule has 0 saturated heterocycles. The van der Waals surface area contributed by atoms with Crippen molar-refractivity contribution in [2.24, 2.45) is 0 Å². The standard InChI is InChI=1S/C14H23BO2/c1-13(2,3)16-15(17-14(4,5)6)12-10-8-7-9-11-12/h7-11H,1-6H3. The maximum Gasteiger partial charge on any atom is 0.494 e. The third-order valence-electron chi connectivity index (χ3n) is 1.99. The average molecular weight is 234 g/mol. The molecule has 0 aliphatic rings. The van der Waals surface area contributed by atoms with Crippen LogP contribution in [0.4, 0.5) is 0 Å². The van der Waals surface area contributed by atoms with E-state index in [9.17, 15) is 0 Å². The molecule has 1 rings (SSSR count). The SMILES string of the molecule is CC(C)(C)OB(OC(C)(C)C)c1ccccc1. The summed E-state index contributed by atoms with van der Waals surface area (Å²) >= 11 is 0. The number of benzene rings is 1. The summed E-state index contributed by atoms with van der Waals surface area (Å²) in [6.45, 7) is 12.2. The van der Waals surface area contributed by atoms with E-state index in [1.165, 1.54) is 0 Å². The molecule has 0 unspecified atom stereocenters. The van der Waals surface area contributed by atoms with Crippen molar-refractivity contribution in [3.05, 3.63) is 30.3 Å². The van der Waals surface area contributed by atoms with Gasteiger partial charge < -0.3 is 9.31 Å². The van der Waals surface area contributed by atoms with Gasteiger partial charge in [-0.1, -0.05) is 30.3 Å². The van der Waals surface area contributed by atoms with E-state index in [1.54, 1.807) is 0 Å². The van der Waals surface area contributed by atoms with Crippen molar-refractivity contribution in [2.75, 3.05) is 0 Å². The first-order chi connectivity index (χ1) is 7.67. The van der Waals surface area contributed by atoms with Gasteiger partial charge in [-0.05, 0) is 47.0 Å². The van der Waals surface area contributed by atoms with Crippen LogP contribution in [0.5, 0.6) is 0 Å². The van der Waals surface area contributed by atoms with Crippen LogP contribution >= 0.6 is 0 Å². The van der Waals surface area contributed by atoms with Crippen molar-refractivity contribution < 1.29 is 9.31 Å². The summed E-state index contributed by atoms with van der Waals surface area (Å²) in [5.74, 6) is 0. The zero-order valence-electron chi connectivity index (χ0n) is 11.8. The summed E-state index contributed by atoms with van der Waals surface area (Å²) in [5, 5.41) is 0. The highest BCUT2D eigenvalue weighted by molar-refractivity contribution is 6.61. The Bertz CT molecular complexity index is 319. The molecule has 0 aliphatic carbocycles. The van der Waals surface area contributed by atoms with Crippen LogP contribution in [0.25, 0.3) is 0 Å². The second-order valence-corrected chi connectivity index (χ2v) is 6.20. The zero-order valence-corrected chi connectivity index (χ0v) is 11.8. The fourth-order valence-electron chi connectivity index (χ4n) is 1.41. The van der Waals surface area contributed by atoms with Crippen molar-refractivity contribution in [1.29, 1.82) is 0 Å². The third kappa shape index (κ3) is 5.90. The monoisotopic (exact) mass is 234 g/mol. The third-order valence-corrected chi connectivity index (χ3v) is 1.99. The van der Waals surface area contributed by atoms with Crippen molar-refractivity contribution >= 4 is 12.6 Å². The second kappa shape index (κ2) is 5.24. The van der Waals surface area contributed by atoms with Crippen LogP contribution in [0.2, 0.25) is 0 Å². The molecule has 0 atom stereocenters. The molecule has 3 heteroatoms. The normalized spacial score (nSPS) is 12.6. The van der Waals surface area contributed by atoms with E-state index in [0.29, 0.717) is 0 Å². The number of rotatable bonds is 3. The molecule has 0 aromatic heterocycles. The van der Waals surface area contributed by atoms with E-state index in [-0.39, 0.29) is 18.3 Å². The smallest absolute Gasteiger partial charge is 0.403 e. The van der Waals surface area contributed by atoms with Crippen LogP contribution in [-0.2, 0) is 9.31 Å². The molecule has 17 heavy (non-hydrogen) atoms. The van der Waals surface area contributed by atoms with Crippen LogP contribution in [0.3, 0.4) is 0 Å². The van der Waals surface area contributed by atoms with Crippen LogP contribution in [-0.4, -0.2) is 18.3 Å². The van der Waals surface area contributed by atoms with Gasteiger partial charge in [0.05, 0.1) is 0 Å². The van der Waals surface area contributed by atoms with Crippen LogP contribution in [0.1, 0.15) is 41.5 Å². The van der Waals surface area contributed by atoms with Crippen LogP contribution in [0, 0.1) is 0 Å². The van der Waals surface area contributed by atoms with Gasteiger partial charge in [0.25, 0.3) is 0 Å². The van der Waals surface area contributed by atoms with Gasteiger partial charge in [-0.2, -0.15) is 0 Å². The van der Waals surface area contributed by atoms with Crippen molar-refractivity contribution in [3.8, 4) is 0 Å². The predicted octanol–water partition coefficient (Wildman–Crippen LogP) is 3.01. The Balaban J connectivity index is 2.87. The lowest BCUT2D eigenvalue weighted by Crippen LogP contribution is -2.46. The van der Waals surface area contributed by atoms with Crippen molar-refractivity contribution in [2.45, 2.75) is 52.7 Å². The summed E-state index contributed by atoms with van der Waals surface area (Å²) < 4.78 is 12.0. The minimum absolute atomic E-state index is 0.230. The lowest BCUT2D eigenvalue weighted by atomic mass is 9.77. The zero-order chi connectivity index (χ0) is 13.1. The van der Waals surface area contributed by atoms with Gasteiger partial charge in [-0.15, -0.1) is 0 Å². The van der Waals surface area contributed by atoms with Crippen molar-refractivity contribution in [3.63, 3.8) is 0 Å². The largest absolute Gasteiger partial charge is 0.494 e. The second-order valence-electron chi connectivity index (χ2n) is 6.20. The first-order valence-electron chi connectivity index (χ1n) is 6.08. The Morgan fingerprint density at radius 2 is 1.18 bits per heavy atom. The summed E-state index contributed by atoms with van der Waals surface area (Å²) in [6.07, 6.45) is 0. The lowest BCUT2D eigenvalue weighted by Gasteiger charge is -2.30. The number of hydrogen-bond donors (Lipinski definition) is 0. The average Bonchev–Trinajstić information content (AvgIpc) is 2.14. The lowest BCUT2D eigenvalue weighted by molar-refractivity contribution is 0.0408. The van der Waals surface area contributed by atoms with E-state index >= 15 is 0 Å². The van der Waals surface area contributed by atoms with Gasteiger partial charge in [-0.3, -0.25) is 0 Å². The summed E-state index contributed by atoms with van der Waals surface area (Å²) in [7, 11) is -0.323. The van der Waals surface area contributed by atoms with Crippen LogP contribution < -0.4 is 5.46 Å². The molecule has 0 amide bonds. The minimum atomic E-state index is -0.323. The molecular formula is C14H23BO2. The van der Waals surface area contributed by atoms with E-state index in [2.05, 4.69) is 0 Å². The minimum Gasteiger partial charge on any atom is -0.403 e. The van der Waals surface area contributed by atoms with Gasteiger partial charge in [0, 0.05) is 11.2 Å². The van der Waals surface area contributed by atoms with Gasteiger partial charge in [0.1, 0.15) is 0 Å². The topological polar surface area (TPSA) is 18.5 Å². The fourth-order valence-corrected chi connectivity index (χ4v) is 1.41. The quantitative estimate of drug-likeness (QED) is 0.748. The molecule has 0 radical (unpaired) electrons. The highest BCUT2D eigenvalue weighted by atomic mass is 16.6. The Labute approximate surface area is 105 Å². The Hall–Kier alpha value is -0.795. The first-order valence-corrected chi connectivity index (χ1v) is 6.08. The van der Waals surface area contributed by atoms with Gasteiger partial charge in [0.15, 0.2) is 0 Å². The maximum atomic E-state index is 5.98. The Morgan fingerprint density at radius 3 is 1.53 bits per heavy atom. The predicted molar refractivity (Wildman–Crippen MR) is 73.5 cm³/mol. The molecular weight excluding hydrogens is 211 g/mol. The molecule has 0 N–H and O–H groups in total. The molecule has 94 valence electrons. The van der Waals surface area contributed by atoms with Gasteiger partial charge >= 0.3 is 7.12 Å². The maximum absolute atomic E-state index is 5.98. The molecule has 0 bridgehead atoms. The van der Waals surface area contributed by atoms with E-state index in [4.69, 9.17) is 9.31 Å². The molecule has 2 nitrogen and oxygen atoms in total. The molecule has 0 aliphatic heterocycles. The summed E-state index contributed by atoms with van der Waals surface area (Å²) in [4.78, 5) is 0. The van der Waals surface area contributed by atoms with E-state index in [1.807, 2.05) is 71.9 Å². The fraction of sp³-hybridized carbons (Fsp3) is 0.571. The van der Waals surface area contributed by atoms with Crippen LogP contribution in [0.15, 0.2) is 30.3 Å². The number of hydrogen-bond acceptors (Lipinski definition) is 2. The Morgan fingerprint density at radius 1 is 0.765 bits per heavy atom.